The number of aromatic nitrogens is 1. The minimum absolute atomic E-state index is 0.320. The van der Waals surface area contributed by atoms with Gasteiger partial charge in [-0.25, -0.2) is 0 Å². The molecule has 1 aromatic heterocycles. The fourth-order valence-electron chi connectivity index (χ4n) is 2.45. The summed E-state index contributed by atoms with van der Waals surface area (Å²) in [5.41, 5.74) is 5.20. The van der Waals surface area contributed by atoms with Gasteiger partial charge >= 0.3 is 0 Å². The monoisotopic (exact) mass is 240 g/mol. The third-order valence-corrected chi connectivity index (χ3v) is 3.38. The summed E-state index contributed by atoms with van der Waals surface area (Å²) in [6.07, 6.45) is 2.77. The van der Waals surface area contributed by atoms with Crippen LogP contribution >= 0.6 is 0 Å². The Kier molecular flexibility index (Phi) is 4.11. The molecule has 1 N–H and O–H groups in total. The van der Waals surface area contributed by atoms with E-state index >= 15 is 0 Å². The number of hydrogen-bond acceptors (Lipinski definition) is 2. The first-order chi connectivity index (χ1) is 8.72. The Morgan fingerprint density at radius 2 is 1.78 bits per heavy atom. The molecule has 18 heavy (non-hydrogen) atoms. The number of aryl methyl sites for hydroxylation is 2. The molecule has 0 aliphatic heterocycles. The van der Waals surface area contributed by atoms with Crippen LogP contribution in [0.2, 0.25) is 0 Å². The second kappa shape index (κ2) is 5.78. The normalized spacial score (nSPS) is 12.4. The van der Waals surface area contributed by atoms with Gasteiger partial charge in [0.15, 0.2) is 0 Å². The van der Waals surface area contributed by atoms with Gasteiger partial charge in [-0.05, 0) is 49.7 Å². The van der Waals surface area contributed by atoms with Crippen LogP contribution in [0, 0.1) is 13.8 Å². The quantitative estimate of drug-likeness (QED) is 0.887. The first-order valence-corrected chi connectivity index (χ1v) is 6.35. The topological polar surface area (TPSA) is 24.9 Å². The van der Waals surface area contributed by atoms with Gasteiger partial charge in [-0.2, -0.15) is 0 Å². The summed E-state index contributed by atoms with van der Waals surface area (Å²) in [7, 11) is 2.01. The highest BCUT2D eigenvalue weighted by atomic mass is 14.9. The summed E-state index contributed by atoms with van der Waals surface area (Å²) in [6.45, 7) is 4.34. The molecule has 0 amide bonds. The van der Waals surface area contributed by atoms with Crippen molar-refractivity contribution < 1.29 is 0 Å². The van der Waals surface area contributed by atoms with E-state index in [2.05, 4.69) is 48.4 Å². The number of rotatable bonds is 4. The van der Waals surface area contributed by atoms with Gasteiger partial charge in [0.2, 0.25) is 0 Å². The average molecular weight is 240 g/mol. The predicted octanol–water partition coefficient (Wildman–Crippen LogP) is 3.20. The van der Waals surface area contributed by atoms with Gasteiger partial charge in [-0.15, -0.1) is 0 Å². The molecule has 0 bridgehead atoms. The number of nitrogens with zero attached hydrogens (tertiary/aromatic N) is 1. The van der Waals surface area contributed by atoms with Crippen LogP contribution in [-0.4, -0.2) is 12.0 Å². The molecule has 2 heteroatoms. The first-order valence-electron chi connectivity index (χ1n) is 6.35. The van der Waals surface area contributed by atoms with Crippen LogP contribution in [0.5, 0.6) is 0 Å². The molecule has 1 unspecified atom stereocenters. The second-order valence-corrected chi connectivity index (χ2v) is 4.67. The third-order valence-electron chi connectivity index (χ3n) is 3.38. The van der Waals surface area contributed by atoms with Crippen LogP contribution in [0.25, 0.3) is 0 Å². The number of hydrogen-bond donors (Lipinski definition) is 1. The van der Waals surface area contributed by atoms with Crippen molar-refractivity contribution in [2.75, 3.05) is 7.05 Å². The van der Waals surface area contributed by atoms with Gasteiger partial charge in [-0.3, -0.25) is 4.98 Å². The molecule has 1 aromatic carbocycles. The predicted molar refractivity (Wildman–Crippen MR) is 75.7 cm³/mol. The average Bonchev–Trinajstić information content (AvgIpc) is 2.38. The summed E-state index contributed by atoms with van der Waals surface area (Å²) in [5, 5.41) is 3.41. The van der Waals surface area contributed by atoms with E-state index in [9.17, 15) is 0 Å². The summed E-state index contributed by atoms with van der Waals surface area (Å²) in [6, 6.07) is 12.9. The molecule has 0 aliphatic rings. The number of nitrogens with one attached hydrogen (secondary N) is 1. The van der Waals surface area contributed by atoms with Crippen molar-refractivity contribution >= 4 is 0 Å². The molecule has 94 valence electrons. The van der Waals surface area contributed by atoms with Crippen molar-refractivity contribution in [3.63, 3.8) is 0 Å². The highest BCUT2D eigenvalue weighted by Crippen LogP contribution is 2.24. The summed E-state index contributed by atoms with van der Waals surface area (Å²) < 4.78 is 0. The van der Waals surface area contributed by atoms with Crippen molar-refractivity contribution in [1.82, 2.24) is 10.3 Å². The zero-order chi connectivity index (χ0) is 13.0. The Hall–Kier alpha value is -1.67. The molecular weight excluding hydrogens is 220 g/mol. The maximum Gasteiger partial charge on any atom is 0.0422 e. The summed E-state index contributed by atoms with van der Waals surface area (Å²) >= 11 is 0. The minimum atomic E-state index is 0.320. The highest BCUT2D eigenvalue weighted by Gasteiger charge is 2.15. The lowest BCUT2D eigenvalue weighted by molar-refractivity contribution is 0.578. The number of benzene rings is 1. The van der Waals surface area contributed by atoms with Crippen LogP contribution in [-0.2, 0) is 6.42 Å². The Morgan fingerprint density at radius 1 is 1.06 bits per heavy atom. The lowest BCUT2D eigenvalue weighted by atomic mass is 9.93. The van der Waals surface area contributed by atoms with Crippen molar-refractivity contribution in [2.45, 2.75) is 26.3 Å². The fraction of sp³-hybridized carbons (Fsp3) is 0.312. The molecule has 0 saturated carbocycles. The van der Waals surface area contributed by atoms with Crippen LogP contribution in [0.1, 0.15) is 28.4 Å². The maximum absolute atomic E-state index is 4.41. The lowest BCUT2D eigenvalue weighted by Gasteiger charge is -2.21. The van der Waals surface area contributed by atoms with Gasteiger partial charge in [0.1, 0.15) is 0 Å². The Labute approximate surface area is 109 Å². The molecule has 0 aliphatic carbocycles. The van der Waals surface area contributed by atoms with Crippen molar-refractivity contribution in [3.05, 3.63) is 65.0 Å². The van der Waals surface area contributed by atoms with Crippen LogP contribution in [0.4, 0.5) is 0 Å². The molecule has 2 rings (SSSR count). The Morgan fingerprint density at radius 3 is 2.33 bits per heavy atom. The standard InChI is InChI=1S/C16H20N2/c1-12-7-6-8-13(2)16(12)15(17-3)11-14-9-4-5-10-18-14/h4-10,15,17H,11H2,1-3H3. The minimum Gasteiger partial charge on any atom is -0.313 e. The second-order valence-electron chi connectivity index (χ2n) is 4.67. The smallest absolute Gasteiger partial charge is 0.0422 e. The van der Waals surface area contributed by atoms with E-state index in [0.717, 1.165) is 12.1 Å². The van der Waals surface area contributed by atoms with Gasteiger partial charge in [0.25, 0.3) is 0 Å². The molecule has 2 nitrogen and oxygen atoms in total. The van der Waals surface area contributed by atoms with E-state index in [-0.39, 0.29) is 0 Å². The Balaban J connectivity index is 2.29. The molecule has 0 saturated heterocycles. The van der Waals surface area contributed by atoms with E-state index in [1.807, 2.05) is 25.4 Å². The molecule has 1 heterocycles. The Bertz CT molecular complexity index is 486. The molecule has 1 atom stereocenters. The fourth-order valence-corrected chi connectivity index (χ4v) is 2.45. The molecular formula is C16H20N2. The van der Waals surface area contributed by atoms with E-state index in [0.29, 0.717) is 6.04 Å². The molecule has 0 fully saturated rings. The molecule has 2 aromatic rings. The van der Waals surface area contributed by atoms with E-state index in [4.69, 9.17) is 0 Å². The van der Waals surface area contributed by atoms with Gasteiger partial charge < -0.3 is 5.32 Å². The number of likely N-dealkylation sites (N-methyl/N-ethyl adjacent to an activating group) is 1. The third kappa shape index (κ3) is 2.77. The van der Waals surface area contributed by atoms with Gasteiger partial charge in [-0.1, -0.05) is 24.3 Å². The van der Waals surface area contributed by atoms with Crippen LogP contribution in [0.3, 0.4) is 0 Å². The van der Waals surface area contributed by atoms with Crippen LogP contribution < -0.4 is 5.32 Å². The van der Waals surface area contributed by atoms with Crippen molar-refractivity contribution in [2.24, 2.45) is 0 Å². The largest absolute Gasteiger partial charge is 0.313 e. The zero-order valence-electron chi connectivity index (χ0n) is 11.3. The molecule has 0 spiro atoms. The summed E-state index contributed by atoms with van der Waals surface area (Å²) in [5.74, 6) is 0. The zero-order valence-corrected chi connectivity index (χ0v) is 11.3. The lowest BCUT2D eigenvalue weighted by Crippen LogP contribution is -2.21. The SMILES string of the molecule is CNC(Cc1ccccn1)c1c(C)cccc1C. The van der Waals surface area contributed by atoms with E-state index in [1.165, 1.54) is 16.7 Å². The van der Waals surface area contributed by atoms with Crippen molar-refractivity contribution in [3.8, 4) is 0 Å². The van der Waals surface area contributed by atoms with Gasteiger partial charge in [0, 0.05) is 24.4 Å². The van der Waals surface area contributed by atoms with E-state index in [1.54, 1.807) is 0 Å². The maximum atomic E-state index is 4.41. The van der Waals surface area contributed by atoms with Gasteiger partial charge in [0.05, 0.1) is 0 Å². The summed E-state index contributed by atoms with van der Waals surface area (Å²) in [4.78, 5) is 4.41. The van der Waals surface area contributed by atoms with Crippen LogP contribution in [0.15, 0.2) is 42.6 Å². The van der Waals surface area contributed by atoms with E-state index < -0.39 is 0 Å². The molecule has 0 radical (unpaired) electrons. The highest BCUT2D eigenvalue weighted by molar-refractivity contribution is 5.36. The first kappa shape index (κ1) is 12.8. The number of pyridine rings is 1. The van der Waals surface area contributed by atoms with Crippen molar-refractivity contribution in [1.29, 1.82) is 0 Å².